The third kappa shape index (κ3) is 3.84. The van der Waals surface area contributed by atoms with Crippen molar-refractivity contribution in [2.75, 3.05) is 13.2 Å². The monoisotopic (exact) mass is 319 g/mol. The quantitative estimate of drug-likeness (QED) is 0.717. The summed E-state index contributed by atoms with van der Waals surface area (Å²) in [5.74, 6) is -0.192. The van der Waals surface area contributed by atoms with Crippen LogP contribution in [-0.2, 0) is 0 Å². The van der Waals surface area contributed by atoms with Crippen molar-refractivity contribution < 1.29 is 9.90 Å². The van der Waals surface area contributed by atoms with Crippen LogP contribution in [0.3, 0.4) is 0 Å². The minimum Gasteiger partial charge on any atom is -0.396 e. The van der Waals surface area contributed by atoms with Crippen LogP contribution in [0.15, 0.2) is 36.5 Å². The number of aromatic nitrogens is 2. The molecule has 5 nitrogen and oxygen atoms in total. The highest BCUT2D eigenvalue weighted by atomic mass is 32.1. The number of H-pyrrole nitrogens is 1. The Morgan fingerprint density at radius 1 is 1.36 bits per heavy atom. The molecule has 0 unspecified atom stereocenters. The van der Waals surface area contributed by atoms with Gasteiger partial charge in [0.1, 0.15) is 5.69 Å². The van der Waals surface area contributed by atoms with Gasteiger partial charge < -0.3 is 15.4 Å². The predicted octanol–water partition coefficient (Wildman–Crippen LogP) is 2.67. The van der Waals surface area contributed by atoms with Crippen molar-refractivity contribution in [2.45, 2.75) is 20.3 Å². The van der Waals surface area contributed by atoms with E-state index in [-0.39, 0.29) is 17.9 Å². The first kappa shape index (κ1) is 16.5. The number of hydrogen-bond acceptors (Lipinski definition) is 3. The maximum Gasteiger partial charge on any atom is 0.269 e. The van der Waals surface area contributed by atoms with E-state index < -0.39 is 0 Å². The molecule has 2 rings (SSSR count). The molecule has 2 aromatic rings. The molecule has 0 aliphatic rings. The highest BCUT2D eigenvalue weighted by Crippen LogP contribution is 2.18. The number of aliphatic hydroxyl groups is 1. The summed E-state index contributed by atoms with van der Waals surface area (Å²) in [5, 5.41) is 12.0. The maximum atomic E-state index is 12.4. The van der Waals surface area contributed by atoms with Crippen molar-refractivity contribution in [3.8, 4) is 5.69 Å². The van der Waals surface area contributed by atoms with Crippen molar-refractivity contribution >= 4 is 18.1 Å². The SMILES string of the molecule is CC(C)(CCO)CNC(=O)c1c[nH]c(=S)n1-c1ccccc1. The van der Waals surface area contributed by atoms with E-state index >= 15 is 0 Å². The topological polar surface area (TPSA) is 70.1 Å². The van der Waals surface area contributed by atoms with E-state index in [0.29, 0.717) is 23.4 Å². The Labute approximate surface area is 135 Å². The van der Waals surface area contributed by atoms with Gasteiger partial charge in [0.05, 0.1) is 0 Å². The third-order valence-corrected chi connectivity index (χ3v) is 3.84. The molecule has 0 bridgehead atoms. The van der Waals surface area contributed by atoms with Crippen LogP contribution in [0.4, 0.5) is 0 Å². The molecule has 3 N–H and O–H groups in total. The number of nitrogens with zero attached hydrogens (tertiary/aromatic N) is 1. The summed E-state index contributed by atoms with van der Waals surface area (Å²) >= 11 is 5.27. The van der Waals surface area contributed by atoms with Crippen molar-refractivity contribution in [3.05, 3.63) is 47.0 Å². The number of amides is 1. The number of carbonyl (C=O) groups excluding carboxylic acids is 1. The lowest BCUT2D eigenvalue weighted by molar-refractivity contribution is 0.0921. The Kier molecular flexibility index (Phi) is 5.15. The second-order valence-corrected chi connectivity index (χ2v) is 6.36. The third-order valence-electron chi connectivity index (χ3n) is 3.54. The van der Waals surface area contributed by atoms with E-state index in [1.165, 1.54) is 0 Å². The second-order valence-electron chi connectivity index (χ2n) is 5.97. The summed E-state index contributed by atoms with van der Waals surface area (Å²) in [4.78, 5) is 15.4. The van der Waals surface area contributed by atoms with Gasteiger partial charge in [-0.05, 0) is 36.2 Å². The van der Waals surface area contributed by atoms with Crippen LogP contribution in [0.5, 0.6) is 0 Å². The van der Waals surface area contributed by atoms with Gasteiger partial charge in [0.25, 0.3) is 5.91 Å². The van der Waals surface area contributed by atoms with Gasteiger partial charge in [-0.2, -0.15) is 0 Å². The number of imidazole rings is 1. The van der Waals surface area contributed by atoms with Crippen LogP contribution in [0.1, 0.15) is 30.8 Å². The normalized spacial score (nSPS) is 11.4. The first-order chi connectivity index (χ1) is 10.4. The average molecular weight is 319 g/mol. The number of para-hydroxylation sites is 1. The van der Waals surface area contributed by atoms with Crippen molar-refractivity contribution in [1.82, 2.24) is 14.9 Å². The Bertz CT molecular complexity index is 689. The Morgan fingerprint density at radius 2 is 2.05 bits per heavy atom. The molecule has 6 heteroatoms. The molecule has 1 aromatic heterocycles. The van der Waals surface area contributed by atoms with E-state index in [1.54, 1.807) is 10.8 Å². The molecule has 0 atom stereocenters. The Hall–Kier alpha value is -1.92. The van der Waals surface area contributed by atoms with E-state index in [0.717, 1.165) is 5.69 Å². The number of hydrogen-bond donors (Lipinski definition) is 3. The number of nitrogens with one attached hydrogen (secondary N) is 2. The zero-order valence-corrected chi connectivity index (χ0v) is 13.6. The van der Waals surface area contributed by atoms with Crippen molar-refractivity contribution in [3.63, 3.8) is 0 Å². The maximum absolute atomic E-state index is 12.4. The van der Waals surface area contributed by atoms with Gasteiger partial charge >= 0.3 is 0 Å². The second kappa shape index (κ2) is 6.89. The lowest BCUT2D eigenvalue weighted by atomic mass is 9.90. The van der Waals surface area contributed by atoms with Gasteiger partial charge in [0.2, 0.25) is 0 Å². The molecule has 1 amide bonds. The summed E-state index contributed by atoms with van der Waals surface area (Å²) in [7, 11) is 0. The van der Waals surface area contributed by atoms with E-state index in [4.69, 9.17) is 17.3 Å². The van der Waals surface area contributed by atoms with Gasteiger partial charge in [-0.15, -0.1) is 0 Å². The molecule has 0 saturated carbocycles. The standard InChI is InChI=1S/C16H21N3O2S/c1-16(2,8-9-20)11-18-14(21)13-10-17-15(22)19(13)12-6-4-3-5-7-12/h3-7,10,20H,8-9,11H2,1-2H3,(H,17,22)(H,18,21). The van der Waals surface area contributed by atoms with Crippen LogP contribution in [-0.4, -0.2) is 33.7 Å². The molecule has 1 heterocycles. The van der Waals surface area contributed by atoms with E-state index in [2.05, 4.69) is 10.3 Å². The zero-order chi connectivity index (χ0) is 16.2. The van der Waals surface area contributed by atoms with E-state index in [1.807, 2.05) is 44.2 Å². The summed E-state index contributed by atoms with van der Waals surface area (Å²) in [6, 6.07) is 9.51. The first-order valence-corrected chi connectivity index (χ1v) is 7.60. The fourth-order valence-electron chi connectivity index (χ4n) is 2.17. The lowest BCUT2D eigenvalue weighted by Gasteiger charge is -2.23. The van der Waals surface area contributed by atoms with Gasteiger partial charge in [0.15, 0.2) is 4.77 Å². The van der Waals surface area contributed by atoms with Crippen LogP contribution in [0, 0.1) is 10.2 Å². The zero-order valence-electron chi connectivity index (χ0n) is 12.8. The number of carbonyl (C=O) groups is 1. The highest BCUT2D eigenvalue weighted by molar-refractivity contribution is 7.71. The molecule has 1 aromatic carbocycles. The molecular weight excluding hydrogens is 298 g/mol. The van der Waals surface area contributed by atoms with Crippen LogP contribution in [0.25, 0.3) is 5.69 Å². The smallest absolute Gasteiger partial charge is 0.269 e. The fourth-order valence-corrected chi connectivity index (χ4v) is 2.43. The Morgan fingerprint density at radius 3 is 2.68 bits per heavy atom. The molecular formula is C16H21N3O2S. The minimum absolute atomic E-state index is 0.105. The van der Waals surface area contributed by atoms with Gasteiger partial charge in [-0.1, -0.05) is 32.0 Å². The molecule has 0 aliphatic heterocycles. The van der Waals surface area contributed by atoms with Crippen LogP contribution < -0.4 is 5.32 Å². The summed E-state index contributed by atoms with van der Waals surface area (Å²) in [6.45, 7) is 4.60. The lowest BCUT2D eigenvalue weighted by Crippen LogP contribution is -2.35. The summed E-state index contributed by atoms with van der Waals surface area (Å²) in [5.41, 5.74) is 1.15. The summed E-state index contributed by atoms with van der Waals surface area (Å²) in [6.07, 6.45) is 2.25. The number of benzene rings is 1. The number of rotatable bonds is 6. The first-order valence-electron chi connectivity index (χ1n) is 7.19. The minimum atomic E-state index is -0.192. The van der Waals surface area contributed by atoms with Crippen molar-refractivity contribution in [2.24, 2.45) is 5.41 Å². The number of aliphatic hydroxyl groups excluding tert-OH is 1. The van der Waals surface area contributed by atoms with Crippen LogP contribution >= 0.6 is 12.2 Å². The largest absolute Gasteiger partial charge is 0.396 e. The van der Waals surface area contributed by atoms with Crippen molar-refractivity contribution in [1.29, 1.82) is 0 Å². The molecule has 0 fully saturated rings. The van der Waals surface area contributed by atoms with Gasteiger partial charge in [-0.25, -0.2) is 0 Å². The molecule has 0 radical (unpaired) electrons. The van der Waals surface area contributed by atoms with Crippen LogP contribution in [0.2, 0.25) is 0 Å². The molecule has 0 saturated heterocycles. The van der Waals surface area contributed by atoms with E-state index in [9.17, 15) is 4.79 Å². The predicted molar refractivity (Wildman–Crippen MR) is 88.8 cm³/mol. The number of aromatic amines is 1. The molecule has 22 heavy (non-hydrogen) atoms. The Balaban J connectivity index is 2.20. The molecule has 0 spiro atoms. The summed E-state index contributed by atoms with van der Waals surface area (Å²) < 4.78 is 2.19. The van der Waals surface area contributed by atoms with Gasteiger partial charge in [-0.3, -0.25) is 9.36 Å². The fraction of sp³-hybridized carbons (Fsp3) is 0.375. The average Bonchev–Trinajstić information content (AvgIpc) is 2.87. The molecule has 118 valence electrons. The molecule has 0 aliphatic carbocycles. The van der Waals surface area contributed by atoms with Gasteiger partial charge in [0, 0.05) is 25.0 Å². The highest BCUT2D eigenvalue weighted by Gasteiger charge is 2.20.